The van der Waals surface area contributed by atoms with Crippen LogP contribution in [0.15, 0.2) is 72.0 Å². The fraction of sp³-hybridized carbons (Fsp3) is 0.292. The maximum absolute atomic E-state index is 12.7. The van der Waals surface area contributed by atoms with Crippen LogP contribution in [0.4, 0.5) is 5.82 Å². The molecule has 11 heteroatoms. The molecule has 0 spiro atoms. The maximum atomic E-state index is 12.7. The van der Waals surface area contributed by atoms with E-state index < -0.39 is 0 Å². The van der Waals surface area contributed by atoms with E-state index in [1.54, 1.807) is 17.1 Å². The van der Waals surface area contributed by atoms with Crippen LogP contribution in [-0.4, -0.2) is 60.3 Å². The average molecular weight is 472 g/mol. The van der Waals surface area contributed by atoms with Crippen LogP contribution >= 0.6 is 0 Å². The highest BCUT2D eigenvalue weighted by atomic mass is 16.2. The molecule has 11 nitrogen and oxygen atoms in total. The number of hydrogen-bond donors (Lipinski definition) is 1. The largest absolute Gasteiger partial charge is 0.355 e. The molecule has 0 aliphatic carbocycles. The number of amides is 1. The molecule has 4 aromatic rings. The molecule has 1 fully saturated rings. The number of anilines is 1. The zero-order valence-electron chi connectivity index (χ0n) is 19.1. The van der Waals surface area contributed by atoms with Gasteiger partial charge in [0.15, 0.2) is 11.6 Å². The summed E-state index contributed by atoms with van der Waals surface area (Å²) in [7, 11) is 0. The van der Waals surface area contributed by atoms with E-state index in [0.29, 0.717) is 18.9 Å². The molecule has 0 radical (unpaired) electrons. The van der Waals surface area contributed by atoms with Crippen LogP contribution in [0.2, 0.25) is 0 Å². The highest BCUT2D eigenvalue weighted by Crippen LogP contribution is 2.22. The molecule has 1 N–H and O–H groups in total. The second-order valence-electron chi connectivity index (χ2n) is 8.29. The van der Waals surface area contributed by atoms with Gasteiger partial charge in [0.05, 0.1) is 12.2 Å². The van der Waals surface area contributed by atoms with Gasteiger partial charge >= 0.3 is 0 Å². The third-order valence-electron chi connectivity index (χ3n) is 6.04. The monoisotopic (exact) mass is 471 g/mol. The summed E-state index contributed by atoms with van der Waals surface area (Å²) in [5, 5.41) is 20.0. The number of carbonyl (C=O) groups excluding carboxylic acids is 1. The molecule has 1 saturated heterocycles. The van der Waals surface area contributed by atoms with E-state index in [-0.39, 0.29) is 17.4 Å². The molecule has 0 bridgehead atoms. The Kier molecular flexibility index (Phi) is 6.55. The van der Waals surface area contributed by atoms with Crippen molar-refractivity contribution < 1.29 is 4.79 Å². The fourth-order valence-corrected chi connectivity index (χ4v) is 4.11. The zero-order valence-corrected chi connectivity index (χ0v) is 19.1. The van der Waals surface area contributed by atoms with Gasteiger partial charge in [-0.1, -0.05) is 30.3 Å². The molecule has 0 unspecified atom stereocenters. The fourth-order valence-electron chi connectivity index (χ4n) is 4.11. The van der Waals surface area contributed by atoms with Crippen LogP contribution in [0.5, 0.6) is 0 Å². The van der Waals surface area contributed by atoms with Crippen LogP contribution in [0.25, 0.3) is 17.1 Å². The van der Waals surface area contributed by atoms with Gasteiger partial charge in [-0.2, -0.15) is 10.2 Å². The van der Waals surface area contributed by atoms with Crippen molar-refractivity contribution >= 4 is 11.7 Å². The predicted molar refractivity (Wildman–Crippen MR) is 129 cm³/mol. The molecule has 35 heavy (non-hydrogen) atoms. The topological polar surface area (TPSA) is 124 Å². The van der Waals surface area contributed by atoms with E-state index >= 15 is 0 Å². The first-order chi connectivity index (χ1) is 17.2. The molecule has 4 heterocycles. The van der Waals surface area contributed by atoms with Gasteiger partial charge < -0.3 is 10.2 Å². The number of nitrogens with zero attached hydrogens (tertiary/aromatic N) is 8. The second-order valence-corrected chi connectivity index (χ2v) is 8.29. The average Bonchev–Trinajstić information content (AvgIpc) is 3.46. The van der Waals surface area contributed by atoms with Crippen molar-refractivity contribution in [2.24, 2.45) is 5.92 Å². The summed E-state index contributed by atoms with van der Waals surface area (Å²) in [6.45, 7) is 2.10. The highest BCUT2D eigenvalue weighted by Gasteiger charge is 2.25. The molecule has 0 atom stereocenters. The Morgan fingerprint density at radius 3 is 2.46 bits per heavy atom. The van der Waals surface area contributed by atoms with Crippen LogP contribution in [-0.2, 0) is 11.3 Å². The minimum atomic E-state index is -0.191. The number of benzene rings is 1. The molecule has 1 amide bonds. The molecule has 5 rings (SSSR count). The molecule has 1 aliphatic heterocycles. The van der Waals surface area contributed by atoms with Crippen molar-refractivity contribution in [3.63, 3.8) is 0 Å². The summed E-state index contributed by atoms with van der Waals surface area (Å²) in [5.74, 6) is 1.30. The number of aromatic nitrogens is 7. The van der Waals surface area contributed by atoms with E-state index in [2.05, 4.69) is 35.6 Å². The lowest BCUT2D eigenvalue weighted by Crippen LogP contribution is -2.42. The third-order valence-corrected chi connectivity index (χ3v) is 6.04. The summed E-state index contributed by atoms with van der Waals surface area (Å²) in [6, 6.07) is 16.7. The number of rotatable bonds is 7. The molecule has 1 aliphatic rings. The summed E-state index contributed by atoms with van der Waals surface area (Å²) >= 11 is 0. The number of piperidine rings is 1. The third kappa shape index (κ3) is 5.24. The Labute approximate surface area is 201 Å². The van der Waals surface area contributed by atoms with Crippen molar-refractivity contribution in [2.45, 2.75) is 19.4 Å². The zero-order chi connectivity index (χ0) is 24.0. The highest BCUT2D eigenvalue weighted by molar-refractivity contribution is 5.78. The second kappa shape index (κ2) is 10.2. The smallest absolute Gasteiger partial charge is 0.266 e. The van der Waals surface area contributed by atoms with Gasteiger partial charge in [-0.25, -0.2) is 14.3 Å². The summed E-state index contributed by atoms with van der Waals surface area (Å²) < 4.78 is 2.95. The Morgan fingerprint density at radius 1 is 0.971 bits per heavy atom. The van der Waals surface area contributed by atoms with Gasteiger partial charge in [0.2, 0.25) is 5.91 Å². The first-order valence-electron chi connectivity index (χ1n) is 11.5. The van der Waals surface area contributed by atoms with Gasteiger partial charge in [-0.05, 0) is 31.0 Å². The normalized spacial score (nSPS) is 14.1. The first kappa shape index (κ1) is 22.4. The Morgan fingerprint density at radius 2 is 1.74 bits per heavy atom. The summed E-state index contributed by atoms with van der Waals surface area (Å²) in [5.41, 5.74) is 1.47. The van der Waals surface area contributed by atoms with E-state index in [0.717, 1.165) is 43.0 Å². The van der Waals surface area contributed by atoms with Crippen molar-refractivity contribution in [1.29, 1.82) is 0 Å². The lowest BCUT2D eigenvalue weighted by molar-refractivity contribution is -0.125. The number of carbonyl (C=O) groups is 1. The van der Waals surface area contributed by atoms with E-state index in [1.807, 2.05) is 42.5 Å². The van der Waals surface area contributed by atoms with Gasteiger partial charge in [0, 0.05) is 37.2 Å². The molecular weight excluding hydrogens is 446 g/mol. The van der Waals surface area contributed by atoms with Crippen molar-refractivity contribution in [3.8, 4) is 17.1 Å². The standard InChI is InChI=1S/C24H25N9O2/c34-23-9-6-20(18-4-2-1-3-5-18)30-32(23)15-12-26-24(35)19-10-13-31(14-11-19)21-7-8-22(29-28-21)33-17-25-16-27-33/h1-9,16-17,19H,10-15H2,(H,26,35). The molecule has 0 saturated carbocycles. The SMILES string of the molecule is O=C(NCCn1nc(-c2ccccc2)ccc1=O)C1CCN(c2ccc(-n3cncn3)nn2)CC1. The molecule has 3 aromatic heterocycles. The van der Waals surface area contributed by atoms with Gasteiger partial charge in [0.1, 0.15) is 12.7 Å². The molecule has 1 aromatic carbocycles. The first-order valence-corrected chi connectivity index (χ1v) is 11.5. The minimum Gasteiger partial charge on any atom is -0.355 e. The Bertz CT molecular complexity index is 1310. The Hall–Kier alpha value is -4.41. The molecular formula is C24H25N9O2. The minimum absolute atomic E-state index is 0.00419. The van der Waals surface area contributed by atoms with Crippen LogP contribution in [0.3, 0.4) is 0 Å². The van der Waals surface area contributed by atoms with Crippen molar-refractivity contribution in [3.05, 3.63) is 77.6 Å². The van der Waals surface area contributed by atoms with E-state index in [1.165, 1.54) is 17.1 Å². The van der Waals surface area contributed by atoms with E-state index in [4.69, 9.17) is 0 Å². The van der Waals surface area contributed by atoms with Gasteiger partial charge in [-0.3, -0.25) is 9.59 Å². The summed E-state index contributed by atoms with van der Waals surface area (Å²) in [4.78, 5) is 30.9. The van der Waals surface area contributed by atoms with E-state index in [9.17, 15) is 9.59 Å². The summed E-state index contributed by atoms with van der Waals surface area (Å²) in [6.07, 6.45) is 4.46. The van der Waals surface area contributed by atoms with Crippen molar-refractivity contribution in [2.75, 3.05) is 24.5 Å². The van der Waals surface area contributed by atoms with Crippen LogP contribution in [0.1, 0.15) is 12.8 Å². The lowest BCUT2D eigenvalue weighted by atomic mass is 9.96. The number of hydrogen-bond acceptors (Lipinski definition) is 8. The van der Waals surface area contributed by atoms with Crippen molar-refractivity contribution in [1.82, 2.24) is 40.1 Å². The molecule has 178 valence electrons. The van der Waals surface area contributed by atoms with Crippen LogP contribution < -0.4 is 15.8 Å². The quantitative estimate of drug-likeness (QED) is 0.428. The lowest BCUT2D eigenvalue weighted by Gasteiger charge is -2.31. The van der Waals surface area contributed by atoms with Gasteiger partial charge in [-0.15, -0.1) is 10.2 Å². The maximum Gasteiger partial charge on any atom is 0.266 e. The van der Waals surface area contributed by atoms with Crippen LogP contribution in [0, 0.1) is 5.92 Å². The predicted octanol–water partition coefficient (Wildman–Crippen LogP) is 1.31. The Balaban J connectivity index is 1.11. The number of nitrogens with one attached hydrogen (secondary N) is 1. The van der Waals surface area contributed by atoms with Gasteiger partial charge in [0.25, 0.3) is 5.56 Å².